The highest BCUT2D eigenvalue weighted by atomic mass is 16.5. The third-order valence-corrected chi connectivity index (χ3v) is 3.26. The molecule has 0 saturated heterocycles. The van der Waals surface area contributed by atoms with Crippen LogP contribution in [0.2, 0.25) is 0 Å². The summed E-state index contributed by atoms with van der Waals surface area (Å²) in [5, 5.41) is 0. The van der Waals surface area contributed by atoms with Gasteiger partial charge in [-0.15, -0.1) is 0 Å². The molecule has 2 nitrogen and oxygen atoms in total. The fraction of sp³-hybridized carbons (Fsp3) is 1.00. The van der Waals surface area contributed by atoms with Crippen LogP contribution in [0.3, 0.4) is 0 Å². The smallest absolute Gasteiger partial charge is 0.0745 e. The lowest BCUT2D eigenvalue weighted by Crippen LogP contribution is -2.37. The molecule has 0 saturated carbocycles. The number of hydrogen-bond donors (Lipinski definition) is 1. The van der Waals surface area contributed by atoms with Crippen LogP contribution in [-0.2, 0) is 4.74 Å². The predicted octanol–water partition coefficient (Wildman–Crippen LogP) is 3.59. The van der Waals surface area contributed by atoms with Gasteiger partial charge in [0.25, 0.3) is 0 Å². The Kier molecular flexibility index (Phi) is 8.04. The van der Waals surface area contributed by atoms with Crippen LogP contribution in [0.15, 0.2) is 0 Å². The Morgan fingerprint density at radius 3 is 2.19 bits per heavy atom. The normalized spacial score (nSPS) is 16.1. The summed E-state index contributed by atoms with van der Waals surface area (Å²) in [5.41, 5.74) is 5.91. The zero-order chi connectivity index (χ0) is 12.6. The van der Waals surface area contributed by atoms with Gasteiger partial charge in [-0.05, 0) is 17.8 Å². The quantitative estimate of drug-likeness (QED) is 0.690. The van der Waals surface area contributed by atoms with Crippen molar-refractivity contribution < 1.29 is 4.74 Å². The molecule has 0 heterocycles. The minimum absolute atomic E-state index is 0.151. The van der Waals surface area contributed by atoms with Crippen molar-refractivity contribution >= 4 is 0 Å². The molecule has 0 fully saturated rings. The van der Waals surface area contributed by atoms with Crippen LogP contribution in [-0.4, -0.2) is 19.3 Å². The van der Waals surface area contributed by atoms with Gasteiger partial charge in [0.1, 0.15) is 0 Å². The van der Waals surface area contributed by atoms with Gasteiger partial charge in [-0.1, -0.05) is 53.9 Å². The molecule has 2 atom stereocenters. The first-order chi connectivity index (χ1) is 7.45. The molecule has 2 N–H and O–H groups in total. The zero-order valence-corrected chi connectivity index (χ0v) is 11.9. The largest absolute Gasteiger partial charge is 0.376 e. The standard InChI is InChI=1S/C14H31NO/c1-6-8-9-12(7-2)11-16-13(10-15)14(3,4)5/h12-13H,6-11,15H2,1-5H3. The van der Waals surface area contributed by atoms with Crippen molar-refractivity contribution in [1.29, 1.82) is 0 Å². The van der Waals surface area contributed by atoms with E-state index in [0.29, 0.717) is 12.5 Å². The summed E-state index contributed by atoms with van der Waals surface area (Å²) < 4.78 is 5.98. The van der Waals surface area contributed by atoms with E-state index < -0.39 is 0 Å². The summed E-state index contributed by atoms with van der Waals surface area (Å²) in [6.45, 7) is 12.6. The fourth-order valence-corrected chi connectivity index (χ4v) is 1.82. The average molecular weight is 229 g/mol. The Morgan fingerprint density at radius 1 is 1.19 bits per heavy atom. The molecular weight excluding hydrogens is 198 g/mol. The maximum absolute atomic E-state index is 5.98. The minimum atomic E-state index is 0.151. The first kappa shape index (κ1) is 15.9. The summed E-state index contributed by atoms with van der Waals surface area (Å²) >= 11 is 0. The second-order valence-corrected chi connectivity index (χ2v) is 5.84. The molecule has 2 unspecified atom stereocenters. The van der Waals surface area contributed by atoms with Crippen LogP contribution in [0.1, 0.15) is 60.3 Å². The van der Waals surface area contributed by atoms with Crippen molar-refractivity contribution in [2.24, 2.45) is 17.1 Å². The lowest BCUT2D eigenvalue weighted by Gasteiger charge is -2.31. The summed E-state index contributed by atoms with van der Waals surface area (Å²) in [6, 6.07) is 0. The van der Waals surface area contributed by atoms with Crippen LogP contribution >= 0.6 is 0 Å². The lowest BCUT2D eigenvalue weighted by molar-refractivity contribution is -0.0294. The Balaban J connectivity index is 3.98. The summed E-state index contributed by atoms with van der Waals surface area (Å²) in [7, 11) is 0. The number of rotatable bonds is 8. The SMILES string of the molecule is CCCCC(CC)COC(CN)C(C)(C)C. The molecule has 0 aromatic carbocycles. The van der Waals surface area contributed by atoms with Crippen LogP contribution < -0.4 is 5.73 Å². The summed E-state index contributed by atoms with van der Waals surface area (Å²) in [5.74, 6) is 0.705. The van der Waals surface area contributed by atoms with Gasteiger partial charge in [-0.3, -0.25) is 0 Å². The van der Waals surface area contributed by atoms with E-state index in [1.165, 1.54) is 25.7 Å². The second-order valence-electron chi connectivity index (χ2n) is 5.84. The van der Waals surface area contributed by atoms with Crippen molar-refractivity contribution in [2.45, 2.75) is 66.4 Å². The molecule has 0 rings (SSSR count). The minimum Gasteiger partial charge on any atom is -0.376 e. The van der Waals surface area contributed by atoms with Gasteiger partial charge in [0.15, 0.2) is 0 Å². The molecule has 0 aromatic heterocycles. The van der Waals surface area contributed by atoms with Crippen molar-refractivity contribution in [3.63, 3.8) is 0 Å². The monoisotopic (exact) mass is 229 g/mol. The van der Waals surface area contributed by atoms with Crippen molar-refractivity contribution in [3.05, 3.63) is 0 Å². The molecule has 0 aliphatic heterocycles. The molecule has 2 heteroatoms. The molecule has 0 radical (unpaired) electrons. The number of hydrogen-bond acceptors (Lipinski definition) is 2. The first-order valence-corrected chi connectivity index (χ1v) is 6.77. The van der Waals surface area contributed by atoms with Gasteiger partial charge in [0, 0.05) is 13.2 Å². The first-order valence-electron chi connectivity index (χ1n) is 6.77. The lowest BCUT2D eigenvalue weighted by atomic mass is 9.89. The van der Waals surface area contributed by atoms with Gasteiger partial charge in [-0.2, -0.15) is 0 Å². The Labute approximate surface area is 102 Å². The van der Waals surface area contributed by atoms with E-state index in [2.05, 4.69) is 34.6 Å². The molecule has 0 aliphatic rings. The van der Waals surface area contributed by atoms with Crippen LogP contribution in [0.5, 0.6) is 0 Å². The highest BCUT2D eigenvalue weighted by molar-refractivity contribution is 4.75. The zero-order valence-electron chi connectivity index (χ0n) is 11.9. The topological polar surface area (TPSA) is 35.2 Å². The molecular formula is C14H31NO. The Morgan fingerprint density at radius 2 is 1.81 bits per heavy atom. The van der Waals surface area contributed by atoms with Crippen molar-refractivity contribution in [2.75, 3.05) is 13.2 Å². The van der Waals surface area contributed by atoms with Gasteiger partial charge in [-0.25, -0.2) is 0 Å². The van der Waals surface area contributed by atoms with E-state index in [1.54, 1.807) is 0 Å². The fourth-order valence-electron chi connectivity index (χ4n) is 1.82. The van der Waals surface area contributed by atoms with Gasteiger partial charge in [0.2, 0.25) is 0 Å². The van der Waals surface area contributed by atoms with E-state index in [-0.39, 0.29) is 11.5 Å². The molecule has 0 spiro atoms. The van der Waals surface area contributed by atoms with E-state index in [4.69, 9.17) is 10.5 Å². The van der Waals surface area contributed by atoms with E-state index in [0.717, 1.165) is 6.61 Å². The maximum atomic E-state index is 5.98. The Hall–Kier alpha value is -0.0800. The molecule has 0 amide bonds. The second kappa shape index (κ2) is 8.08. The third kappa shape index (κ3) is 6.49. The average Bonchev–Trinajstić information content (AvgIpc) is 2.21. The highest BCUT2D eigenvalue weighted by Crippen LogP contribution is 2.23. The van der Waals surface area contributed by atoms with Gasteiger partial charge in [0.05, 0.1) is 6.10 Å². The van der Waals surface area contributed by atoms with Gasteiger partial charge >= 0.3 is 0 Å². The molecule has 0 aromatic rings. The molecule has 0 bridgehead atoms. The van der Waals surface area contributed by atoms with Crippen molar-refractivity contribution in [3.8, 4) is 0 Å². The Bertz CT molecular complexity index is 163. The van der Waals surface area contributed by atoms with E-state index >= 15 is 0 Å². The number of unbranched alkanes of at least 4 members (excludes halogenated alkanes) is 1. The van der Waals surface area contributed by atoms with Crippen LogP contribution in [0.25, 0.3) is 0 Å². The number of ether oxygens (including phenoxy) is 1. The highest BCUT2D eigenvalue weighted by Gasteiger charge is 2.24. The van der Waals surface area contributed by atoms with Crippen molar-refractivity contribution in [1.82, 2.24) is 0 Å². The van der Waals surface area contributed by atoms with Crippen LogP contribution in [0.4, 0.5) is 0 Å². The summed E-state index contributed by atoms with van der Waals surface area (Å²) in [6.07, 6.45) is 5.26. The third-order valence-electron chi connectivity index (χ3n) is 3.26. The number of nitrogens with two attached hydrogens (primary N) is 1. The molecule has 16 heavy (non-hydrogen) atoms. The molecule has 98 valence electrons. The predicted molar refractivity (Wildman–Crippen MR) is 71.6 cm³/mol. The van der Waals surface area contributed by atoms with E-state index in [1.807, 2.05) is 0 Å². The van der Waals surface area contributed by atoms with E-state index in [9.17, 15) is 0 Å². The van der Waals surface area contributed by atoms with Crippen LogP contribution in [0, 0.1) is 11.3 Å². The van der Waals surface area contributed by atoms with Gasteiger partial charge < -0.3 is 10.5 Å². The molecule has 0 aliphatic carbocycles. The maximum Gasteiger partial charge on any atom is 0.0745 e. The summed E-state index contributed by atoms with van der Waals surface area (Å²) in [4.78, 5) is 0.